The largest absolute Gasteiger partial charge is 0.385 e. The Kier molecular flexibility index (Phi) is 4.31. The highest BCUT2D eigenvalue weighted by Gasteiger charge is 2.27. The summed E-state index contributed by atoms with van der Waals surface area (Å²) >= 11 is 0. The lowest BCUT2D eigenvalue weighted by atomic mass is 9.78. The number of hydrogen-bond donors (Lipinski definition) is 3. The van der Waals surface area contributed by atoms with E-state index in [1.165, 1.54) is 29.8 Å². The number of fused-ring (bicyclic) bond motifs is 1. The lowest BCUT2D eigenvalue weighted by Gasteiger charge is -2.33. The molecule has 2 amide bonds. The summed E-state index contributed by atoms with van der Waals surface area (Å²) in [5.74, 6) is 0. The van der Waals surface area contributed by atoms with Crippen molar-refractivity contribution in [1.82, 2.24) is 0 Å². The molecule has 0 radical (unpaired) electrons. The molecule has 0 fully saturated rings. The van der Waals surface area contributed by atoms with Gasteiger partial charge in [-0.2, -0.15) is 0 Å². The molecule has 3 N–H and O–H groups in total. The molecule has 0 atom stereocenters. The van der Waals surface area contributed by atoms with Gasteiger partial charge in [-0.3, -0.25) is 10.1 Å². The first-order chi connectivity index (χ1) is 11.8. The van der Waals surface area contributed by atoms with E-state index in [1.807, 2.05) is 18.2 Å². The molecule has 2 aromatic carbocycles. The zero-order valence-electron chi connectivity index (χ0n) is 14.1. The number of amides is 2. The van der Waals surface area contributed by atoms with E-state index in [9.17, 15) is 14.9 Å². The molecule has 130 valence electrons. The molecule has 3 rings (SSSR count). The van der Waals surface area contributed by atoms with Crippen LogP contribution in [-0.2, 0) is 5.41 Å². The van der Waals surface area contributed by atoms with Gasteiger partial charge in [0.1, 0.15) is 0 Å². The van der Waals surface area contributed by atoms with Crippen LogP contribution in [-0.4, -0.2) is 17.5 Å². The summed E-state index contributed by atoms with van der Waals surface area (Å²) in [6.07, 6.45) is 1.03. The zero-order valence-corrected chi connectivity index (χ0v) is 14.1. The summed E-state index contributed by atoms with van der Waals surface area (Å²) in [6.45, 7) is 5.31. The van der Waals surface area contributed by atoms with E-state index in [4.69, 9.17) is 0 Å². The number of nitrogens with zero attached hydrogens (tertiary/aromatic N) is 1. The van der Waals surface area contributed by atoms with Gasteiger partial charge in [0.15, 0.2) is 0 Å². The van der Waals surface area contributed by atoms with Gasteiger partial charge in [-0.05, 0) is 47.7 Å². The van der Waals surface area contributed by atoms with Gasteiger partial charge in [-0.15, -0.1) is 0 Å². The monoisotopic (exact) mass is 340 g/mol. The second-order valence-corrected chi connectivity index (χ2v) is 6.70. The zero-order chi connectivity index (χ0) is 18.0. The number of nitro benzene ring substituents is 1. The van der Waals surface area contributed by atoms with E-state index in [0.29, 0.717) is 11.4 Å². The van der Waals surface area contributed by atoms with Crippen molar-refractivity contribution in [1.29, 1.82) is 0 Å². The van der Waals surface area contributed by atoms with Crippen LogP contribution in [0.1, 0.15) is 25.8 Å². The van der Waals surface area contributed by atoms with E-state index >= 15 is 0 Å². The van der Waals surface area contributed by atoms with Crippen molar-refractivity contribution in [3.8, 4) is 0 Å². The highest BCUT2D eigenvalue weighted by molar-refractivity contribution is 6.00. The van der Waals surface area contributed by atoms with Crippen LogP contribution in [0.15, 0.2) is 42.5 Å². The topological polar surface area (TPSA) is 96.3 Å². The standard InChI is InChI=1S/C18H20N4O3/c1-18(2)9-10-19-16-8-5-13(11-15(16)18)21-17(23)20-12-3-6-14(7-4-12)22(24)25/h3-8,11,19H,9-10H2,1-2H3,(H2,20,21,23). The molecule has 0 saturated heterocycles. The Bertz CT molecular complexity index is 816. The quantitative estimate of drug-likeness (QED) is 0.572. The minimum Gasteiger partial charge on any atom is -0.385 e. The Morgan fingerprint density at radius 3 is 2.44 bits per heavy atom. The first-order valence-electron chi connectivity index (χ1n) is 8.06. The average Bonchev–Trinajstić information content (AvgIpc) is 2.55. The molecule has 1 aliphatic heterocycles. The van der Waals surface area contributed by atoms with Crippen molar-refractivity contribution in [2.45, 2.75) is 25.7 Å². The van der Waals surface area contributed by atoms with E-state index in [0.717, 1.165) is 18.7 Å². The molecular weight excluding hydrogens is 320 g/mol. The Morgan fingerprint density at radius 2 is 1.76 bits per heavy atom. The van der Waals surface area contributed by atoms with Crippen molar-refractivity contribution in [2.24, 2.45) is 0 Å². The van der Waals surface area contributed by atoms with E-state index < -0.39 is 11.0 Å². The highest BCUT2D eigenvalue weighted by Crippen LogP contribution is 2.37. The van der Waals surface area contributed by atoms with Crippen LogP contribution in [0.4, 0.5) is 27.5 Å². The maximum absolute atomic E-state index is 12.2. The second kappa shape index (κ2) is 6.43. The van der Waals surface area contributed by atoms with Crippen LogP contribution in [0.25, 0.3) is 0 Å². The number of carbonyl (C=O) groups is 1. The Hall–Kier alpha value is -3.09. The lowest BCUT2D eigenvalue weighted by molar-refractivity contribution is -0.384. The van der Waals surface area contributed by atoms with E-state index in [1.54, 1.807) is 0 Å². The van der Waals surface area contributed by atoms with Gasteiger partial charge < -0.3 is 16.0 Å². The number of urea groups is 1. The molecule has 0 unspecified atom stereocenters. The molecular formula is C18H20N4O3. The summed E-state index contributed by atoms with van der Waals surface area (Å²) in [7, 11) is 0. The van der Waals surface area contributed by atoms with Gasteiger partial charge in [0.25, 0.3) is 5.69 Å². The van der Waals surface area contributed by atoms with Gasteiger partial charge in [-0.25, -0.2) is 4.79 Å². The molecule has 7 nitrogen and oxygen atoms in total. The number of non-ortho nitro benzene ring substituents is 1. The van der Waals surface area contributed by atoms with Gasteiger partial charge in [0.2, 0.25) is 0 Å². The van der Waals surface area contributed by atoms with Crippen LogP contribution >= 0.6 is 0 Å². The number of benzene rings is 2. The van der Waals surface area contributed by atoms with Crippen molar-refractivity contribution in [3.63, 3.8) is 0 Å². The van der Waals surface area contributed by atoms with Crippen LogP contribution in [0.3, 0.4) is 0 Å². The van der Waals surface area contributed by atoms with Gasteiger partial charge in [0, 0.05) is 35.7 Å². The van der Waals surface area contributed by atoms with Gasteiger partial charge >= 0.3 is 6.03 Å². The lowest BCUT2D eigenvalue weighted by Crippen LogP contribution is -2.28. The molecule has 0 bridgehead atoms. The van der Waals surface area contributed by atoms with Gasteiger partial charge in [-0.1, -0.05) is 13.8 Å². The second-order valence-electron chi connectivity index (χ2n) is 6.70. The summed E-state index contributed by atoms with van der Waals surface area (Å²) in [5, 5.41) is 19.5. The molecule has 1 heterocycles. The number of hydrogen-bond acceptors (Lipinski definition) is 4. The predicted molar refractivity (Wildman–Crippen MR) is 98.3 cm³/mol. The number of rotatable bonds is 3. The number of nitrogens with one attached hydrogen (secondary N) is 3. The van der Waals surface area contributed by atoms with Gasteiger partial charge in [0.05, 0.1) is 4.92 Å². The maximum atomic E-state index is 12.2. The Morgan fingerprint density at radius 1 is 1.12 bits per heavy atom. The van der Waals surface area contributed by atoms with Crippen LogP contribution in [0.5, 0.6) is 0 Å². The van der Waals surface area contributed by atoms with Crippen molar-refractivity contribution < 1.29 is 9.72 Å². The van der Waals surface area contributed by atoms with Crippen molar-refractivity contribution in [3.05, 3.63) is 58.1 Å². The Balaban J connectivity index is 1.70. The predicted octanol–water partition coefficient (Wildman–Crippen LogP) is 4.33. The molecule has 2 aromatic rings. The molecule has 25 heavy (non-hydrogen) atoms. The number of nitro groups is 1. The maximum Gasteiger partial charge on any atom is 0.323 e. The first kappa shape index (κ1) is 16.8. The molecule has 0 aliphatic carbocycles. The Labute approximate surface area is 145 Å². The first-order valence-corrected chi connectivity index (χ1v) is 8.06. The number of carbonyl (C=O) groups excluding carboxylic acids is 1. The molecule has 0 aromatic heterocycles. The fourth-order valence-electron chi connectivity index (χ4n) is 2.94. The van der Waals surface area contributed by atoms with Crippen LogP contribution in [0, 0.1) is 10.1 Å². The van der Waals surface area contributed by atoms with E-state index in [2.05, 4.69) is 29.8 Å². The van der Waals surface area contributed by atoms with E-state index in [-0.39, 0.29) is 11.1 Å². The minimum absolute atomic E-state index is 0.0182. The van der Waals surface area contributed by atoms with Crippen LogP contribution < -0.4 is 16.0 Å². The van der Waals surface area contributed by atoms with Crippen molar-refractivity contribution >= 4 is 28.8 Å². The van der Waals surface area contributed by atoms with Crippen molar-refractivity contribution in [2.75, 3.05) is 22.5 Å². The summed E-state index contributed by atoms with van der Waals surface area (Å²) in [4.78, 5) is 22.3. The smallest absolute Gasteiger partial charge is 0.323 e. The SMILES string of the molecule is CC1(C)CCNc2ccc(NC(=O)Nc3ccc([N+](=O)[O-])cc3)cc21. The summed E-state index contributed by atoms with van der Waals surface area (Å²) in [5.41, 5.74) is 3.49. The van der Waals surface area contributed by atoms with Crippen LogP contribution in [0.2, 0.25) is 0 Å². The third-order valence-electron chi connectivity index (χ3n) is 4.41. The molecule has 1 aliphatic rings. The summed E-state index contributed by atoms with van der Waals surface area (Å²) in [6, 6.07) is 11.1. The normalized spacial score (nSPS) is 14.8. The minimum atomic E-state index is -0.479. The molecule has 7 heteroatoms. The summed E-state index contributed by atoms with van der Waals surface area (Å²) < 4.78 is 0. The average molecular weight is 340 g/mol. The highest BCUT2D eigenvalue weighted by atomic mass is 16.6. The molecule has 0 spiro atoms. The fraction of sp³-hybridized carbons (Fsp3) is 0.278. The third kappa shape index (κ3) is 3.71. The number of anilines is 3. The third-order valence-corrected chi connectivity index (χ3v) is 4.41. The molecule has 0 saturated carbocycles. The fourth-order valence-corrected chi connectivity index (χ4v) is 2.94.